The molecule has 0 saturated carbocycles. The van der Waals surface area contributed by atoms with Crippen molar-refractivity contribution in [3.8, 4) is 28.4 Å². The molecule has 0 saturated heterocycles. The van der Waals surface area contributed by atoms with Gasteiger partial charge in [0.05, 0.1) is 11.2 Å². The van der Waals surface area contributed by atoms with Crippen LogP contribution in [0.25, 0.3) is 39.1 Å². The first-order chi connectivity index (χ1) is 20.7. The van der Waals surface area contributed by atoms with Gasteiger partial charge in [0, 0.05) is 45.7 Å². The fourth-order valence-corrected chi connectivity index (χ4v) is 5.26. The largest absolute Gasteiger partial charge is 0.456 e. The summed E-state index contributed by atoms with van der Waals surface area (Å²) in [5.41, 5.74) is 8.34. The highest BCUT2D eigenvalue weighted by Crippen LogP contribution is 2.40. The second kappa shape index (κ2) is 10.7. The van der Waals surface area contributed by atoms with Crippen molar-refractivity contribution in [2.45, 2.75) is 0 Å². The van der Waals surface area contributed by atoms with Crippen molar-refractivity contribution in [1.29, 1.82) is 0 Å². The fourth-order valence-electron chi connectivity index (χ4n) is 5.26. The molecule has 0 radical (unpaired) electrons. The zero-order valence-electron chi connectivity index (χ0n) is 22.9. The predicted molar refractivity (Wildman–Crippen MR) is 173 cm³/mol. The van der Waals surface area contributed by atoms with E-state index in [-0.39, 0.29) is 0 Å². The molecular weight excluding hydrogens is 514 g/mol. The molecule has 4 nitrogen and oxygen atoms in total. The number of aromatic nitrogens is 2. The van der Waals surface area contributed by atoms with Crippen LogP contribution in [-0.4, -0.2) is 9.97 Å². The smallest absolute Gasteiger partial charge is 0.160 e. The Morgan fingerprint density at radius 3 is 2.26 bits per heavy atom. The van der Waals surface area contributed by atoms with Gasteiger partial charge in [0.15, 0.2) is 5.82 Å². The number of hydrogen-bond donors (Lipinski definition) is 0. The highest BCUT2D eigenvalue weighted by atomic mass is 16.5. The molecule has 42 heavy (non-hydrogen) atoms. The molecule has 2 aliphatic heterocycles. The van der Waals surface area contributed by atoms with E-state index in [9.17, 15) is 0 Å². The van der Waals surface area contributed by atoms with Gasteiger partial charge in [-0.15, -0.1) is 0 Å². The first-order valence-corrected chi connectivity index (χ1v) is 13.8. The normalized spacial score (nSPS) is 14.5. The van der Waals surface area contributed by atoms with E-state index in [1.54, 1.807) is 0 Å². The third-order valence-corrected chi connectivity index (χ3v) is 7.44. The molecule has 4 heteroatoms. The van der Waals surface area contributed by atoms with E-state index in [1.807, 2.05) is 97.4 Å². The summed E-state index contributed by atoms with van der Waals surface area (Å²) in [5, 5.41) is 1.03. The Bertz CT molecular complexity index is 2000. The van der Waals surface area contributed by atoms with Crippen LogP contribution in [0.4, 0.5) is 5.69 Å². The van der Waals surface area contributed by atoms with Gasteiger partial charge in [0.1, 0.15) is 11.5 Å². The SMILES string of the molecule is C=C1C(=C)C2=CC=CN(c3cccc(-c4nc(-c5ccccc5)c5ccccc5n4)c3)C=CC=C1Oc1ccccc12. The maximum atomic E-state index is 6.29. The van der Waals surface area contributed by atoms with Gasteiger partial charge in [0.2, 0.25) is 0 Å². The van der Waals surface area contributed by atoms with Gasteiger partial charge in [-0.1, -0.05) is 98.1 Å². The first kappa shape index (κ1) is 25.2. The molecule has 5 aromatic rings. The van der Waals surface area contributed by atoms with E-state index in [1.165, 1.54) is 0 Å². The first-order valence-electron chi connectivity index (χ1n) is 13.8. The number of allylic oxidation sites excluding steroid dienone is 6. The van der Waals surface area contributed by atoms with Gasteiger partial charge in [-0.2, -0.15) is 0 Å². The van der Waals surface area contributed by atoms with Crippen LogP contribution in [0.3, 0.4) is 0 Å². The molecule has 0 unspecified atom stereocenters. The third-order valence-electron chi connectivity index (χ3n) is 7.44. The van der Waals surface area contributed by atoms with Crippen LogP contribution < -0.4 is 9.64 Å². The maximum Gasteiger partial charge on any atom is 0.160 e. The van der Waals surface area contributed by atoms with Crippen molar-refractivity contribution in [2.24, 2.45) is 0 Å². The molecule has 2 bridgehead atoms. The van der Waals surface area contributed by atoms with Crippen LogP contribution >= 0.6 is 0 Å². The Hall–Kier alpha value is -5.74. The molecule has 3 heterocycles. The number of rotatable bonds is 3. The average Bonchev–Trinajstić information content (AvgIpc) is 3.15. The third kappa shape index (κ3) is 4.65. The second-order valence-corrected chi connectivity index (χ2v) is 10.1. The summed E-state index contributed by atoms with van der Waals surface area (Å²) in [6, 6.07) is 34.7. The summed E-state index contributed by atoms with van der Waals surface area (Å²) in [7, 11) is 0. The summed E-state index contributed by atoms with van der Waals surface area (Å²) in [6.07, 6.45) is 12.0. The molecule has 0 N–H and O–H groups in total. The van der Waals surface area contributed by atoms with Crippen LogP contribution in [0.1, 0.15) is 5.56 Å². The Kier molecular flexibility index (Phi) is 6.42. The van der Waals surface area contributed by atoms with Crippen molar-refractivity contribution < 1.29 is 4.74 Å². The molecule has 0 atom stereocenters. The quantitative estimate of drug-likeness (QED) is 0.228. The minimum atomic E-state index is 0.667. The molecule has 0 amide bonds. The number of hydrogen-bond acceptors (Lipinski definition) is 4. The van der Waals surface area contributed by atoms with E-state index in [4.69, 9.17) is 14.7 Å². The predicted octanol–water partition coefficient (Wildman–Crippen LogP) is 9.28. The Balaban J connectivity index is 1.32. The van der Waals surface area contributed by atoms with Crippen molar-refractivity contribution in [2.75, 3.05) is 4.90 Å². The average molecular weight is 542 g/mol. The number of para-hydroxylation sites is 2. The van der Waals surface area contributed by atoms with Gasteiger partial charge in [-0.25, -0.2) is 9.97 Å². The standard InChI is InChI=1S/C38H27N3O/c1-26-27(2)35-22-12-24-41(23-11-19-31(26)32-17-7-9-21-36(32)42-35)30-16-10-15-29(25-30)38-39-34-20-8-6-18-33(34)37(40-38)28-13-4-3-5-14-28/h3-25H,1-2H2. The van der Waals surface area contributed by atoms with Crippen molar-refractivity contribution in [3.63, 3.8) is 0 Å². The van der Waals surface area contributed by atoms with E-state index in [0.717, 1.165) is 61.4 Å². The fraction of sp³-hybridized carbons (Fsp3) is 0. The van der Waals surface area contributed by atoms with Crippen LogP contribution in [0.5, 0.6) is 5.75 Å². The van der Waals surface area contributed by atoms with Gasteiger partial charge >= 0.3 is 0 Å². The Labute approximate surface area is 245 Å². The lowest BCUT2D eigenvalue weighted by atomic mass is 9.93. The minimum Gasteiger partial charge on any atom is -0.456 e. The summed E-state index contributed by atoms with van der Waals surface area (Å²) in [4.78, 5) is 12.1. The molecule has 2 aliphatic rings. The van der Waals surface area contributed by atoms with Gasteiger partial charge in [-0.05, 0) is 53.6 Å². The van der Waals surface area contributed by atoms with Gasteiger partial charge in [-0.3, -0.25) is 0 Å². The lowest BCUT2D eigenvalue weighted by Crippen LogP contribution is -2.07. The number of nitrogens with zero attached hydrogens (tertiary/aromatic N) is 3. The molecule has 0 fully saturated rings. The number of benzene rings is 4. The summed E-state index contributed by atoms with van der Waals surface area (Å²) in [5.74, 6) is 2.13. The monoisotopic (exact) mass is 541 g/mol. The van der Waals surface area contributed by atoms with Crippen molar-refractivity contribution >= 4 is 22.2 Å². The Morgan fingerprint density at radius 1 is 0.643 bits per heavy atom. The molecule has 200 valence electrons. The highest BCUT2D eigenvalue weighted by molar-refractivity contribution is 5.94. The lowest BCUT2D eigenvalue weighted by Gasteiger charge is -2.17. The number of fused-ring (bicyclic) bond motifs is 6. The topological polar surface area (TPSA) is 38.2 Å². The van der Waals surface area contributed by atoms with Crippen LogP contribution in [0, 0.1) is 0 Å². The number of anilines is 1. The zero-order valence-corrected chi connectivity index (χ0v) is 22.9. The van der Waals surface area contributed by atoms with Gasteiger partial charge < -0.3 is 9.64 Å². The summed E-state index contributed by atoms with van der Waals surface area (Å²) in [6.45, 7) is 8.62. The van der Waals surface area contributed by atoms with Crippen LogP contribution in [-0.2, 0) is 0 Å². The molecule has 0 spiro atoms. The van der Waals surface area contributed by atoms with Crippen molar-refractivity contribution in [3.05, 3.63) is 175 Å². The zero-order chi connectivity index (χ0) is 28.5. The molecule has 7 rings (SSSR count). The van der Waals surface area contributed by atoms with E-state index in [2.05, 4.69) is 60.5 Å². The van der Waals surface area contributed by atoms with Gasteiger partial charge in [0.25, 0.3) is 0 Å². The number of ether oxygens (including phenoxy) is 1. The van der Waals surface area contributed by atoms with Crippen molar-refractivity contribution in [1.82, 2.24) is 9.97 Å². The molecular formula is C38H27N3O. The highest BCUT2D eigenvalue weighted by Gasteiger charge is 2.22. The lowest BCUT2D eigenvalue weighted by molar-refractivity contribution is 0.440. The maximum absolute atomic E-state index is 6.29. The summed E-state index contributed by atoms with van der Waals surface area (Å²) >= 11 is 0. The molecule has 4 aromatic carbocycles. The van der Waals surface area contributed by atoms with E-state index >= 15 is 0 Å². The summed E-state index contributed by atoms with van der Waals surface area (Å²) < 4.78 is 6.29. The molecule has 1 aromatic heterocycles. The van der Waals surface area contributed by atoms with E-state index in [0.29, 0.717) is 11.6 Å². The Morgan fingerprint density at radius 2 is 1.38 bits per heavy atom. The van der Waals surface area contributed by atoms with E-state index < -0.39 is 0 Å². The van der Waals surface area contributed by atoms with Crippen LogP contribution in [0.15, 0.2) is 170 Å². The minimum absolute atomic E-state index is 0.667. The second-order valence-electron chi connectivity index (χ2n) is 10.1. The van der Waals surface area contributed by atoms with Crippen LogP contribution in [0.2, 0.25) is 0 Å². The molecule has 0 aliphatic carbocycles.